The molecule has 0 radical (unpaired) electrons. The van der Waals surface area contributed by atoms with Gasteiger partial charge in [-0.3, -0.25) is 9.97 Å². The van der Waals surface area contributed by atoms with Crippen LogP contribution >= 0.6 is 27.7 Å². The summed E-state index contributed by atoms with van der Waals surface area (Å²) in [4.78, 5) is 12.8. The molecule has 102 valence electrons. The van der Waals surface area contributed by atoms with Gasteiger partial charge in [0.15, 0.2) is 5.16 Å². The number of aromatic nitrogens is 4. The number of aliphatic hydroxyl groups is 1. The van der Waals surface area contributed by atoms with Crippen molar-refractivity contribution in [1.82, 2.24) is 19.5 Å². The summed E-state index contributed by atoms with van der Waals surface area (Å²) in [6.07, 6.45) is 5.10. The molecule has 1 atom stereocenters. The summed E-state index contributed by atoms with van der Waals surface area (Å²) in [6, 6.07) is 0. The average Bonchev–Trinajstić information content (AvgIpc) is 2.67. The second-order valence-corrected chi connectivity index (χ2v) is 5.73. The van der Waals surface area contributed by atoms with Crippen LogP contribution in [0.2, 0.25) is 0 Å². The Morgan fingerprint density at radius 1 is 1.42 bits per heavy atom. The zero-order valence-electron chi connectivity index (χ0n) is 11.0. The molecule has 1 N–H and O–H groups in total. The molecule has 0 aromatic carbocycles. The minimum absolute atomic E-state index is 0.416. The van der Waals surface area contributed by atoms with E-state index in [9.17, 15) is 5.11 Å². The van der Waals surface area contributed by atoms with Crippen molar-refractivity contribution in [3.8, 4) is 0 Å². The van der Waals surface area contributed by atoms with Crippen LogP contribution in [0.3, 0.4) is 0 Å². The van der Waals surface area contributed by atoms with Crippen molar-refractivity contribution in [1.29, 1.82) is 0 Å². The highest BCUT2D eigenvalue weighted by Crippen LogP contribution is 2.28. The zero-order chi connectivity index (χ0) is 14.0. The lowest BCUT2D eigenvalue weighted by atomic mass is 10.1. The number of aliphatic hydroxyl groups excluding tert-OH is 1. The van der Waals surface area contributed by atoms with E-state index in [0.29, 0.717) is 11.0 Å². The van der Waals surface area contributed by atoms with Crippen molar-refractivity contribution in [3.05, 3.63) is 34.1 Å². The van der Waals surface area contributed by atoms with E-state index < -0.39 is 6.10 Å². The Balaban J connectivity index is 2.22. The number of rotatable bonds is 4. The minimum Gasteiger partial charge on any atom is -0.386 e. The summed E-state index contributed by atoms with van der Waals surface area (Å²) in [5.41, 5.74) is 2.38. The van der Waals surface area contributed by atoms with Crippen LogP contribution in [0.5, 0.6) is 0 Å². The second kappa shape index (κ2) is 6.02. The highest BCUT2D eigenvalue weighted by atomic mass is 79.9. The van der Waals surface area contributed by atoms with E-state index in [1.807, 2.05) is 24.8 Å². The Morgan fingerprint density at radius 3 is 2.68 bits per heavy atom. The van der Waals surface area contributed by atoms with Gasteiger partial charge in [-0.1, -0.05) is 11.8 Å². The third kappa shape index (κ3) is 3.16. The molecule has 0 amide bonds. The fourth-order valence-corrected chi connectivity index (χ4v) is 3.19. The molecule has 2 aromatic rings. The molecule has 7 heteroatoms. The molecule has 0 unspecified atom stereocenters. The van der Waals surface area contributed by atoms with Crippen molar-refractivity contribution in [2.24, 2.45) is 7.05 Å². The third-order valence-electron chi connectivity index (χ3n) is 2.79. The van der Waals surface area contributed by atoms with Gasteiger partial charge in [-0.15, -0.1) is 0 Å². The number of hydrogen-bond acceptors (Lipinski definition) is 5. The molecule has 2 rings (SSSR count). The Labute approximate surface area is 124 Å². The molecule has 0 saturated heterocycles. The lowest BCUT2D eigenvalue weighted by Gasteiger charge is -2.12. The first kappa shape index (κ1) is 14.5. The van der Waals surface area contributed by atoms with E-state index in [-0.39, 0.29) is 0 Å². The molecule has 2 aromatic heterocycles. The maximum atomic E-state index is 10.3. The largest absolute Gasteiger partial charge is 0.386 e. The number of hydrogen-bond donors (Lipinski definition) is 1. The first-order valence-electron chi connectivity index (χ1n) is 5.74. The van der Waals surface area contributed by atoms with Gasteiger partial charge in [0.1, 0.15) is 10.7 Å². The normalized spacial score (nSPS) is 12.7. The lowest BCUT2D eigenvalue weighted by molar-refractivity contribution is 0.167. The first-order valence-corrected chi connectivity index (χ1v) is 7.76. The summed E-state index contributed by atoms with van der Waals surface area (Å²) < 4.78 is 2.56. The number of imidazole rings is 1. The van der Waals surface area contributed by atoms with Crippen LogP contribution in [-0.2, 0) is 13.5 Å². The third-order valence-corrected chi connectivity index (χ3v) is 4.10. The summed E-state index contributed by atoms with van der Waals surface area (Å²) in [7, 11) is 1.89. The van der Waals surface area contributed by atoms with Crippen molar-refractivity contribution in [2.75, 3.05) is 6.26 Å². The Bertz CT molecular complexity index is 570. The van der Waals surface area contributed by atoms with Crippen LogP contribution in [0, 0.1) is 6.92 Å². The van der Waals surface area contributed by atoms with E-state index in [4.69, 9.17) is 0 Å². The van der Waals surface area contributed by atoms with E-state index in [1.165, 1.54) is 11.8 Å². The van der Waals surface area contributed by atoms with Crippen LogP contribution in [0.4, 0.5) is 0 Å². The lowest BCUT2D eigenvalue weighted by Crippen LogP contribution is -2.09. The highest BCUT2D eigenvalue weighted by molar-refractivity contribution is 9.10. The molecule has 0 spiro atoms. The Kier molecular flexibility index (Phi) is 4.59. The Hall–Kier alpha value is -0.920. The van der Waals surface area contributed by atoms with E-state index >= 15 is 0 Å². The van der Waals surface area contributed by atoms with Crippen LogP contribution < -0.4 is 0 Å². The SMILES string of the molecule is CSc1nc(Br)c([C@H](O)Cc2cnc(C)cn2)n1C. The predicted molar refractivity (Wildman–Crippen MR) is 78.1 cm³/mol. The van der Waals surface area contributed by atoms with Gasteiger partial charge < -0.3 is 9.67 Å². The standard InChI is InChI=1S/C12H15BrN4OS/c1-7-5-15-8(6-14-7)4-9(18)10-11(13)16-12(19-3)17(10)2/h5-6,9,18H,4H2,1-3H3/t9-/m1/s1. The molecule has 0 fully saturated rings. The van der Waals surface area contributed by atoms with Gasteiger partial charge >= 0.3 is 0 Å². The van der Waals surface area contributed by atoms with Gasteiger partial charge in [-0.05, 0) is 29.1 Å². The Morgan fingerprint density at radius 2 is 2.16 bits per heavy atom. The van der Waals surface area contributed by atoms with Crippen LogP contribution in [0.15, 0.2) is 22.2 Å². The van der Waals surface area contributed by atoms with E-state index in [0.717, 1.165) is 22.2 Å². The number of halogens is 1. The summed E-state index contributed by atoms with van der Waals surface area (Å²) in [5.74, 6) is 0. The molecular weight excluding hydrogens is 328 g/mol. The van der Waals surface area contributed by atoms with Crippen LogP contribution in [0.1, 0.15) is 23.2 Å². The minimum atomic E-state index is -0.662. The summed E-state index contributed by atoms with van der Waals surface area (Å²) in [6.45, 7) is 1.88. The van der Waals surface area contributed by atoms with Crippen molar-refractivity contribution < 1.29 is 5.11 Å². The summed E-state index contributed by atoms with van der Waals surface area (Å²) >= 11 is 4.93. The molecule has 0 aliphatic carbocycles. The quantitative estimate of drug-likeness (QED) is 0.863. The van der Waals surface area contributed by atoms with Crippen LogP contribution in [-0.4, -0.2) is 30.9 Å². The molecule has 19 heavy (non-hydrogen) atoms. The molecule has 0 aliphatic rings. The van der Waals surface area contributed by atoms with Gasteiger partial charge in [0, 0.05) is 25.9 Å². The van der Waals surface area contributed by atoms with Crippen molar-refractivity contribution >= 4 is 27.7 Å². The van der Waals surface area contributed by atoms with E-state index in [1.54, 1.807) is 12.4 Å². The monoisotopic (exact) mass is 342 g/mol. The first-order chi connectivity index (χ1) is 9.02. The number of aryl methyl sites for hydroxylation is 1. The topological polar surface area (TPSA) is 63.8 Å². The molecule has 2 heterocycles. The van der Waals surface area contributed by atoms with Gasteiger partial charge in [-0.25, -0.2) is 4.98 Å². The average molecular weight is 343 g/mol. The fourth-order valence-electron chi connectivity index (χ4n) is 1.82. The van der Waals surface area contributed by atoms with Gasteiger partial charge in [0.25, 0.3) is 0 Å². The van der Waals surface area contributed by atoms with Crippen LogP contribution in [0.25, 0.3) is 0 Å². The highest BCUT2D eigenvalue weighted by Gasteiger charge is 2.20. The van der Waals surface area contributed by atoms with Crippen molar-refractivity contribution in [2.45, 2.75) is 24.6 Å². The number of nitrogens with zero attached hydrogens (tertiary/aromatic N) is 4. The smallest absolute Gasteiger partial charge is 0.168 e. The van der Waals surface area contributed by atoms with E-state index in [2.05, 4.69) is 30.9 Å². The fraction of sp³-hybridized carbons (Fsp3) is 0.417. The molecule has 5 nitrogen and oxygen atoms in total. The van der Waals surface area contributed by atoms with Gasteiger partial charge in [0.05, 0.1) is 17.1 Å². The molecule has 0 bridgehead atoms. The molecular formula is C12H15BrN4OS. The number of thioether (sulfide) groups is 1. The maximum absolute atomic E-state index is 10.3. The van der Waals surface area contributed by atoms with Crippen molar-refractivity contribution in [3.63, 3.8) is 0 Å². The summed E-state index contributed by atoms with van der Waals surface area (Å²) in [5, 5.41) is 11.2. The second-order valence-electron chi connectivity index (χ2n) is 4.20. The van der Waals surface area contributed by atoms with Gasteiger partial charge in [-0.2, -0.15) is 0 Å². The molecule has 0 saturated carbocycles. The predicted octanol–water partition coefficient (Wildman–Crippen LogP) is 2.28. The maximum Gasteiger partial charge on any atom is 0.168 e. The zero-order valence-corrected chi connectivity index (χ0v) is 13.4. The molecule has 0 aliphatic heterocycles. The van der Waals surface area contributed by atoms with Gasteiger partial charge in [0.2, 0.25) is 0 Å².